The van der Waals surface area contributed by atoms with E-state index in [2.05, 4.69) is 5.32 Å². The smallest absolute Gasteiger partial charge is 0.338 e. The van der Waals surface area contributed by atoms with Crippen molar-refractivity contribution in [1.82, 2.24) is 0 Å². The van der Waals surface area contributed by atoms with E-state index in [-0.39, 0.29) is 24.2 Å². The molecule has 0 heterocycles. The molecule has 0 aliphatic rings. The zero-order chi connectivity index (χ0) is 19.1. The van der Waals surface area contributed by atoms with Gasteiger partial charge in [0.25, 0.3) is 0 Å². The van der Waals surface area contributed by atoms with Crippen LogP contribution >= 0.6 is 11.6 Å². The second-order valence-corrected chi connectivity index (χ2v) is 6.61. The second kappa shape index (κ2) is 9.25. The molecule has 2 aromatic rings. The summed E-state index contributed by atoms with van der Waals surface area (Å²) >= 11 is 6.05. The maximum atomic E-state index is 12.3. The number of benzene rings is 2. The molecule has 0 aliphatic carbocycles. The van der Waals surface area contributed by atoms with Crippen LogP contribution in [0.4, 0.5) is 5.69 Å². The fraction of sp³-hybridized carbons (Fsp3) is 0.300. The summed E-state index contributed by atoms with van der Waals surface area (Å²) in [4.78, 5) is 24.3. The first-order valence-electron chi connectivity index (χ1n) is 8.28. The number of esters is 1. The molecule has 0 aliphatic heterocycles. The standard InChI is InChI=1S/C20H22ClNO4/c1-13(2)12-26-20(24)15-5-4-6-16(9-15)22-11-18(23)14-7-8-19(25-3)17(21)10-14/h4-10,13,22H,11-12H2,1-3H3. The normalized spacial score (nSPS) is 10.5. The average Bonchev–Trinajstić information content (AvgIpc) is 2.64. The van der Waals surface area contributed by atoms with Crippen LogP contribution in [0.5, 0.6) is 5.75 Å². The first kappa shape index (κ1) is 19.8. The number of Topliss-reactive ketones (excluding diaryl/α,β-unsaturated/α-hetero) is 1. The van der Waals surface area contributed by atoms with Crippen LogP contribution in [0.2, 0.25) is 5.02 Å². The molecule has 0 spiro atoms. The molecular weight excluding hydrogens is 354 g/mol. The fourth-order valence-corrected chi connectivity index (χ4v) is 2.46. The Morgan fingerprint density at radius 3 is 2.54 bits per heavy atom. The summed E-state index contributed by atoms with van der Waals surface area (Å²) in [6.45, 7) is 4.39. The molecule has 0 fully saturated rings. The van der Waals surface area contributed by atoms with Crippen molar-refractivity contribution in [1.29, 1.82) is 0 Å². The van der Waals surface area contributed by atoms with Crippen LogP contribution in [0.1, 0.15) is 34.6 Å². The van der Waals surface area contributed by atoms with Crippen LogP contribution < -0.4 is 10.1 Å². The van der Waals surface area contributed by atoms with Gasteiger partial charge in [-0.15, -0.1) is 0 Å². The Balaban J connectivity index is 1.98. The molecule has 1 N–H and O–H groups in total. The number of carbonyl (C=O) groups is 2. The highest BCUT2D eigenvalue weighted by atomic mass is 35.5. The minimum atomic E-state index is -0.379. The minimum absolute atomic E-state index is 0.0765. The minimum Gasteiger partial charge on any atom is -0.495 e. The van der Waals surface area contributed by atoms with Crippen molar-refractivity contribution in [3.63, 3.8) is 0 Å². The topological polar surface area (TPSA) is 64.6 Å². The summed E-state index contributed by atoms with van der Waals surface area (Å²) in [5, 5.41) is 3.40. The summed E-state index contributed by atoms with van der Waals surface area (Å²) in [6, 6.07) is 11.8. The SMILES string of the molecule is COc1ccc(C(=O)CNc2cccc(C(=O)OCC(C)C)c2)cc1Cl. The molecule has 2 aromatic carbocycles. The summed E-state index contributed by atoms with van der Waals surface area (Å²) in [5.74, 6) is 0.288. The molecule has 2 rings (SSSR count). The van der Waals surface area contributed by atoms with Crippen molar-refractivity contribution >= 4 is 29.0 Å². The van der Waals surface area contributed by atoms with E-state index < -0.39 is 0 Å². The number of hydrogen-bond acceptors (Lipinski definition) is 5. The van der Waals surface area contributed by atoms with E-state index in [1.807, 2.05) is 13.8 Å². The van der Waals surface area contributed by atoms with Crippen molar-refractivity contribution in [3.05, 3.63) is 58.6 Å². The van der Waals surface area contributed by atoms with Gasteiger partial charge < -0.3 is 14.8 Å². The molecule has 0 saturated heterocycles. The predicted molar refractivity (Wildman–Crippen MR) is 102 cm³/mol. The average molecular weight is 376 g/mol. The number of hydrogen-bond donors (Lipinski definition) is 1. The maximum absolute atomic E-state index is 12.3. The number of rotatable bonds is 8. The number of halogens is 1. The van der Waals surface area contributed by atoms with E-state index >= 15 is 0 Å². The van der Waals surface area contributed by atoms with Gasteiger partial charge in [-0.3, -0.25) is 4.79 Å². The third kappa shape index (κ3) is 5.49. The van der Waals surface area contributed by atoms with E-state index in [0.717, 1.165) is 0 Å². The van der Waals surface area contributed by atoms with Gasteiger partial charge >= 0.3 is 5.97 Å². The van der Waals surface area contributed by atoms with Gasteiger partial charge in [0, 0.05) is 11.3 Å². The van der Waals surface area contributed by atoms with Crippen LogP contribution in [0.3, 0.4) is 0 Å². The van der Waals surface area contributed by atoms with Crippen LogP contribution in [0.15, 0.2) is 42.5 Å². The lowest BCUT2D eigenvalue weighted by Gasteiger charge is -2.10. The van der Waals surface area contributed by atoms with E-state index in [0.29, 0.717) is 34.2 Å². The Bertz CT molecular complexity index is 789. The summed E-state index contributed by atoms with van der Waals surface area (Å²) < 4.78 is 10.3. The Morgan fingerprint density at radius 1 is 1.12 bits per heavy atom. The summed E-state index contributed by atoms with van der Waals surface area (Å²) in [7, 11) is 1.52. The number of methoxy groups -OCH3 is 1. The van der Waals surface area contributed by atoms with Crippen molar-refractivity contribution in [2.24, 2.45) is 5.92 Å². The third-order valence-corrected chi connectivity index (χ3v) is 3.87. The van der Waals surface area contributed by atoms with Crippen molar-refractivity contribution < 1.29 is 19.1 Å². The lowest BCUT2D eigenvalue weighted by molar-refractivity contribution is 0.0459. The van der Waals surface area contributed by atoms with Crippen LogP contribution in [-0.4, -0.2) is 32.0 Å². The van der Waals surface area contributed by atoms with E-state index in [1.54, 1.807) is 42.5 Å². The monoisotopic (exact) mass is 375 g/mol. The maximum Gasteiger partial charge on any atom is 0.338 e. The highest BCUT2D eigenvalue weighted by molar-refractivity contribution is 6.32. The fourth-order valence-electron chi connectivity index (χ4n) is 2.21. The van der Waals surface area contributed by atoms with Gasteiger partial charge in [-0.05, 0) is 42.3 Å². The van der Waals surface area contributed by atoms with E-state index in [1.165, 1.54) is 7.11 Å². The lowest BCUT2D eigenvalue weighted by Crippen LogP contribution is -2.15. The second-order valence-electron chi connectivity index (χ2n) is 6.20. The van der Waals surface area contributed by atoms with Gasteiger partial charge in [0.15, 0.2) is 5.78 Å². The van der Waals surface area contributed by atoms with Crippen LogP contribution in [-0.2, 0) is 4.74 Å². The first-order valence-corrected chi connectivity index (χ1v) is 8.66. The first-order chi connectivity index (χ1) is 12.4. The lowest BCUT2D eigenvalue weighted by atomic mass is 10.1. The van der Waals surface area contributed by atoms with Gasteiger partial charge in [0.1, 0.15) is 5.75 Å². The number of carbonyl (C=O) groups excluding carboxylic acids is 2. The molecule has 0 amide bonds. The Labute approximate surface area is 158 Å². The molecule has 0 aromatic heterocycles. The molecule has 26 heavy (non-hydrogen) atoms. The molecular formula is C20H22ClNO4. The van der Waals surface area contributed by atoms with Gasteiger partial charge in [-0.2, -0.15) is 0 Å². The number of ketones is 1. The highest BCUT2D eigenvalue weighted by Crippen LogP contribution is 2.25. The molecule has 0 saturated carbocycles. The number of anilines is 1. The zero-order valence-corrected chi connectivity index (χ0v) is 15.8. The molecule has 0 bridgehead atoms. The highest BCUT2D eigenvalue weighted by Gasteiger charge is 2.11. The number of ether oxygens (including phenoxy) is 2. The van der Waals surface area contributed by atoms with Crippen molar-refractivity contribution in [2.45, 2.75) is 13.8 Å². The van der Waals surface area contributed by atoms with Gasteiger partial charge in [-0.25, -0.2) is 4.79 Å². The molecule has 0 radical (unpaired) electrons. The predicted octanol–water partition coefficient (Wildman–Crippen LogP) is 4.46. The van der Waals surface area contributed by atoms with Gasteiger partial charge in [0.05, 0.1) is 30.8 Å². The molecule has 138 valence electrons. The molecule has 0 unspecified atom stereocenters. The summed E-state index contributed by atoms with van der Waals surface area (Å²) in [5.41, 5.74) is 1.59. The van der Waals surface area contributed by atoms with Crippen molar-refractivity contribution in [2.75, 3.05) is 25.6 Å². The van der Waals surface area contributed by atoms with Gasteiger partial charge in [0.2, 0.25) is 0 Å². The van der Waals surface area contributed by atoms with Crippen LogP contribution in [0.25, 0.3) is 0 Å². The quantitative estimate of drug-likeness (QED) is 0.545. The van der Waals surface area contributed by atoms with Gasteiger partial charge in [-0.1, -0.05) is 31.5 Å². The van der Waals surface area contributed by atoms with E-state index in [9.17, 15) is 9.59 Å². The Morgan fingerprint density at radius 2 is 1.88 bits per heavy atom. The van der Waals surface area contributed by atoms with Crippen LogP contribution in [0, 0.1) is 5.92 Å². The third-order valence-electron chi connectivity index (χ3n) is 3.57. The Kier molecular flexibility index (Phi) is 7.04. The number of nitrogens with one attached hydrogen (secondary N) is 1. The Hall–Kier alpha value is -2.53. The van der Waals surface area contributed by atoms with E-state index in [4.69, 9.17) is 21.1 Å². The van der Waals surface area contributed by atoms with Crippen molar-refractivity contribution in [3.8, 4) is 5.75 Å². The molecule has 5 nitrogen and oxygen atoms in total. The summed E-state index contributed by atoms with van der Waals surface area (Å²) in [6.07, 6.45) is 0. The molecule has 6 heteroatoms. The zero-order valence-electron chi connectivity index (χ0n) is 15.0. The largest absolute Gasteiger partial charge is 0.495 e. The molecule has 0 atom stereocenters.